The van der Waals surface area contributed by atoms with Crippen molar-refractivity contribution in [3.05, 3.63) is 12.2 Å². The number of hydrogen-bond donors (Lipinski definition) is 3. The van der Waals surface area contributed by atoms with E-state index in [0.717, 1.165) is 32.1 Å². The van der Waals surface area contributed by atoms with Crippen LogP contribution >= 0.6 is 0 Å². The molecule has 0 amide bonds. The van der Waals surface area contributed by atoms with Gasteiger partial charge in [-0.25, -0.2) is 0 Å². The first kappa shape index (κ1) is 31.0. The van der Waals surface area contributed by atoms with E-state index in [-0.39, 0.29) is 18.7 Å². The van der Waals surface area contributed by atoms with E-state index in [4.69, 9.17) is 14.2 Å². The summed E-state index contributed by atoms with van der Waals surface area (Å²) in [7, 11) is 0. The summed E-state index contributed by atoms with van der Waals surface area (Å²) in [5.74, 6) is -0.352. The molecule has 0 aromatic rings. The van der Waals surface area contributed by atoms with Gasteiger partial charge in [-0.1, -0.05) is 70.4 Å². The van der Waals surface area contributed by atoms with E-state index in [1.54, 1.807) is 13.8 Å². The predicted molar refractivity (Wildman–Crippen MR) is 133 cm³/mol. The molecule has 1 rings (SSSR count). The maximum Gasteiger partial charge on any atom is 0.305 e. The van der Waals surface area contributed by atoms with Gasteiger partial charge in [0.15, 0.2) is 6.29 Å². The van der Waals surface area contributed by atoms with Crippen molar-refractivity contribution in [1.82, 2.24) is 0 Å². The second-order valence-corrected chi connectivity index (χ2v) is 9.72. The van der Waals surface area contributed by atoms with Gasteiger partial charge in [-0.15, -0.1) is 0 Å². The number of rotatable bonds is 19. The monoisotopic (exact) mass is 486 g/mol. The van der Waals surface area contributed by atoms with Gasteiger partial charge in [0.2, 0.25) is 0 Å². The van der Waals surface area contributed by atoms with Crippen molar-refractivity contribution in [2.45, 2.75) is 147 Å². The van der Waals surface area contributed by atoms with Crippen molar-refractivity contribution < 1.29 is 34.3 Å². The summed E-state index contributed by atoms with van der Waals surface area (Å²) in [5, 5.41) is 30.1. The molecule has 200 valence electrons. The highest BCUT2D eigenvalue weighted by atomic mass is 16.7. The Kier molecular flexibility index (Phi) is 17.6. The van der Waals surface area contributed by atoms with E-state index in [1.165, 1.54) is 51.4 Å². The second-order valence-electron chi connectivity index (χ2n) is 9.72. The summed E-state index contributed by atoms with van der Waals surface area (Å²) >= 11 is 0. The molecule has 5 atom stereocenters. The summed E-state index contributed by atoms with van der Waals surface area (Å²) in [6, 6.07) is 0. The number of aliphatic hydroxyl groups is 3. The molecule has 0 aliphatic carbocycles. The van der Waals surface area contributed by atoms with Crippen LogP contribution in [0.2, 0.25) is 0 Å². The third-order valence-corrected chi connectivity index (χ3v) is 6.13. The Morgan fingerprint density at radius 3 is 1.97 bits per heavy atom. The molecule has 1 heterocycles. The molecular formula is C27H50O7. The summed E-state index contributed by atoms with van der Waals surface area (Å²) < 4.78 is 16.2. The van der Waals surface area contributed by atoms with Gasteiger partial charge in [0.1, 0.15) is 31.0 Å². The summed E-state index contributed by atoms with van der Waals surface area (Å²) in [6.07, 6.45) is 14.1. The van der Waals surface area contributed by atoms with Crippen LogP contribution in [-0.2, 0) is 19.0 Å². The molecule has 3 N–H and O–H groups in total. The minimum absolute atomic E-state index is 0.188. The molecule has 0 aromatic carbocycles. The largest absolute Gasteiger partial charge is 0.463 e. The molecule has 0 saturated carbocycles. The van der Waals surface area contributed by atoms with Gasteiger partial charge in [0, 0.05) is 6.42 Å². The molecule has 7 nitrogen and oxygen atoms in total. The van der Waals surface area contributed by atoms with Crippen molar-refractivity contribution >= 4 is 5.97 Å². The van der Waals surface area contributed by atoms with E-state index in [2.05, 4.69) is 19.1 Å². The maximum atomic E-state index is 12.0. The molecule has 34 heavy (non-hydrogen) atoms. The molecule has 1 aliphatic heterocycles. The lowest BCUT2D eigenvalue weighted by molar-refractivity contribution is -0.309. The Balaban J connectivity index is 2.04. The Morgan fingerprint density at radius 1 is 0.824 bits per heavy atom. The van der Waals surface area contributed by atoms with Crippen molar-refractivity contribution in [1.29, 1.82) is 0 Å². The number of unbranched alkanes of at least 4 members (excludes halogenated alkanes) is 11. The summed E-state index contributed by atoms with van der Waals surface area (Å²) in [5.41, 5.74) is 0. The number of esters is 1. The number of hydrogen-bond acceptors (Lipinski definition) is 7. The molecule has 1 aliphatic rings. The van der Waals surface area contributed by atoms with Gasteiger partial charge >= 0.3 is 5.97 Å². The van der Waals surface area contributed by atoms with Crippen molar-refractivity contribution in [2.75, 3.05) is 6.61 Å². The lowest BCUT2D eigenvalue weighted by atomic mass is 9.99. The zero-order valence-electron chi connectivity index (χ0n) is 21.7. The van der Waals surface area contributed by atoms with Crippen LogP contribution < -0.4 is 0 Å². The lowest BCUT2D eigenvalue weighted by Gasteiger charge is -2.40. The second kappa shape index (κ2) is 19.2. The molecule has 0 radical (unpaired) electrons. The van der Waals surface area contributed by atoms with Crippen LogP contribution in [0.25, 0.3) is 0 Å². The van der Waals surface area contributed by atoms with Gasteiger partial charge in [-0.3, -0.25) is 4.79 Å². The first-order valence-electron chi connectivity index (χ1n) is 13.5. The van der Waals surface area contributed by atoms with Crippen LogP contribution in [0.4, 0.5) is 0 Å². The topological polar surface area (TPSA) is 105 Å². The number of carbonyl (C=O) groups is 1. The highest BCUT2D eigenvalue weighted by Gasteiger charge is 2.45. The van der Waals surface area contributed by atoms with Crippen LogP contribution in [0.15, 0.2) is 12.2 Å². The smallest absolute Gasteiger partial charge is 0.305 e. The zero-order chi connectivity index (χ0) is 25.2. The fourth-order valence-corrected chi connectivity index (χ4v) is 4.02. The molecule has 1 unspecified atom stereocenters. The molecule has 0 bridgehead atoms. The van der Waals surface area contributed by atoms with Gasteiger partial charge < -0.3 is 29.5 Å². The van der Waals surface area contributed by atoms with Crippen LogP contribution in [-0.4, -0.2) is 64.7 Å². The molecular weight excluding hydrogens is 436 g/mol. The summed E-state index contributed by atoms with van der Waals surface area (Å²) in [4.78, 5) is 12.0. The minimum Gasteiger partial charge on any atom is -0.463 e. The number of allylic oxidation sites excluding steroid dienone is 2. The van der Waals surface area contributed by atoms with E-state index in [1.807, 2.05) is 0 Å². The van der Waals surface area contributed by atoms with Crippen molar-refractivity contribution in [3.8, 4) is 0 Å². The van der Waals surface area contributed by atoms with Gasteiger partial charge in [-0.05, 0) is 46.0 Å². The lowest BCUT2D eigenvalue weighted by Crippen LogP contribution is -2.59. The third-order valence-electron chi connectivity index (χ3n) is 6.13. The standard InChI is InChI=1S/C27H50O7/c1-4-5-6-7-8-9-10-11-12-13-14-15-16-17-18-19-23(28)32-20-22-24(29)25(30)26(31)27(34-22)33-21(2)3/h11-12,21-22,24-27,29-31H,4-10,13-20H2,1-3H3/b12-11-/t22-,24-,25+,26-,27?/m1/s1. The first-order valence-corrected chi connectivity index (χ1v) is 13.5. The quantitative estimate of drug-likeness (QED) is 0.137. The molecule has 0 spiro atoms. The highest BCUT2D eigenvalue weighted by molar-refractivity contribution is 5.69. The molecule has 1 fully saturated rings. The normalized spacial score (nSPS) is 25.3. The molecule has 1 saturated heterocycles. The Morgan fingerprint density at radius 2 is 1.38 bits per heavy atom. The van der Waals surface area contributed by atoms with Crippen molar-refractivity contribution in [2.24, 2.45) is 0 Å². The third kappa shape index (κ3) is 13.8. The van der Waals surface area contributed by atoms with Crippen LogP contribution in [0.5, 0.6) is 0 Å². The average Bonchev–Trinajstić information content (AvgIpc) is 2.80. The average molecular weight is 487 g/mol. The SMILES string of the molecule is CCCCCCCC/C=C\CCCCCCCC(=O)OC[C@H]1OC(OC(C)C)[C@H](O)[C@@H](O)[C@@H]1O. The number of aliphatic hydroxyl groups excluding tert-OH is 3. The van der Waals surface area contributed by atoms with Crippen LogP contribution in [0.3, 0.4) is 0 Å². The van der Waals surface area contributed by atoms with E-state index < -0.39 is 30.7 Å². The van der Waals surface area contributed by atoms with E-state index >= 15 is 0 Å². The zero-order valence-corrected chi connectivity index (χ0v) is 21.7. The highest BCUT2D eigenvalue weighted by Crippen LogP contribution is 2.23. The Hall–Kier alpha value is -0.990. The molecule has 0 aromatic heterocycles. The van der Waals surface area contributed by atoms with E-state index in [0.29, 0.717) is 6.42 Å². The number of carbonyl (C=O) groups excluding carboxylic acids is 1. The van der Waals surface area contributed by atoms with E-state index in [9.17, 15) is 20.1 Å². The fourth-order valence-electron chi connectivity index (χ4n) is 4.02. The summed E-state index contributed by atoms with van der Waals surface area (Å²) in [6.45, 7) is 5.61. The predicted octanol–water partition coefficient (Wildman–Crippen LogP) is 4.80. The minimum atomic E-state index is -1.42. The van der Waals surface area contributed by atoms with Gasteiger partial charge in [0.25, 0.3) is 0 Å². The van der Waals surface area contributed by atoms with Gasteiger partial charge in [0.05, 0.1) is 6.10 Å². The Labute approximate surface area is 206 Å². The fraction of sp³-hybridized carbons (Fsp3) is 0.889. The van der Waals surface area contributed by atoms with Crippen molar-refractivity contribution in [3.63, 3.8) is 0 Å². The Bertz CT molecular complexity index is 537. The molecule has 7 heteroatoms. The maximum absolute atomic E-state index is 12.0. The number of ether oxygens (including phenoxy) is 3. The van der Waals surface area contributed by atoms with Crippen LogP contribution in [0, 0.1) is 0 Å². The first-order chi connectivity index (χ1) is 16.4. The van der Waals surface area contributed by atoms with Gasteiger partial charge in [-0.2, -0.15) is 0 Å². The van der Waals surface area contributed by atoms with Crippen LogP contribution in [0.1, 0.15) is 111 Å².